The Bertz CT molecular complexity index is 581. The number of carbonyl (C=O) groups is 1. The normalized spacial score (nSPS) is 19.0. The largest absolute Gasteiger partial charge is 0.381 e. The molecule has 0 radical (unpaired) electrons. The van der Waals surface area contributed by atoms with Gasteiger partial charge in [-0.05, 0) is 22.4 Å². The number of hydrogen-bond donors (Lipinski definition) is 1. The molecule has 1 fully saturated rings. The van der Waals surface area contributed by atoms with Crippen LogP contribution in [0, 0.1) is 5.92 Å². The Morgan fingerprint density at radius 2 is 2.27 bits per heavy atom. The fourth-order valence-corrected chi connectivity index (χ4v) is 2.56. The Hall–Kier alpha value is -2.28. The van der Waals surface area contributed by atoms with E-state index < -0.39 is 6.04 Å². The number of amides is 1. The Labute approximate surface area is 128 Å². The molecule has 7 heteroatoms. The molecule has 1 amide bonds. The van der Waals surface area contributed by atoms with Crippen LogP contribution in [0.2, 0.25) is 0 Å². The number of rotatable bonds is 6. The molecule has 0 unspecified atom stereocenters. The third-order valence-corrected chi connectivity index (χ3v) is 3.85. The first kappa shape index (κ1) is 14.6. The monoisotopic (exact) mass is 301 g/mol. The van der Waals surface area contributed by atoms with Crippen molar-refractivity contribution >= 4 is 5.91 Å². The van der Waals surface area contributed by atoms with Crippen molar-refractivity contribution in [1.82, 2.24) is 25.5 Å². The highest BCUT2D eigenvalue weighted by Gasteiger charge is 2.24. The van der Waals surface area contributed by atoms with Crippen LogP contribution in [0.3, 0.4) is 0 Å². The van der Waals surface area contributed by atoms with Gasteiger partial charge in [-0.15, -0.1) is 5.10 Å². The lowest BCUT2D eigenvalue weighted by Crippen LogP contribution is -2.37. The molecule has 1 N–H and O–H groups in total. The number of ether oxygens (including phenoxy) is 1. The number of carbonyl (C=O) groups excluding carboxylic acids is 1. The van der Waals surface area contributed by atoms with E-state index in [0.29, 0.717) is 25.5 Å². The van der Waals surface area contributed by atoms with E-state index in [9.17, 15) is 4.79 Å². The molecule has 22 heavy (non-hydrogen) atoms. The summed E-state index contributed by atoms with van der Waals surface area (Å²) in [7, 11) is 0. The maximum atomic E-state index is 12.5. The van der Waals surface area contributed by atoms with Crippen molar-refractivity contribution in [1.29, 1.82) is 0 Å². The van der Waals surface area contributed by atoms with Crippen LogP contribution in [-0.4, -0.2) is 45.9 Å². The molecule has 0 bridgehead atoms. The summed E-state index contributed by atoms with van der Waals surface area (Å²) < 4.78 is 6.84. The highest BCUT2D eigenvalue weighted by molar-refractivity contribution is 5.80. The lowest BCUT2D eigenvalue weighted by Gasteiger charge is -2.17. The van der Waals surface area contributed by atoms with E-state index in [4.69, 9.17) is 4.74 Å². The molecular formula is C15H19N5O2. The van der Waals surface area contributed by atoms with E-state index in [-0.39, 0.29) is 5.91 Å². The van der Waals surface area contributed by atoms with Gasteiger partial charge in [0.2, 0.25) is 5.91 Å². The summed E-state index contributed by atoms with van der Waals surface area (Å²) in [6.45, 7) is 2.13. The maximum Gasteiger partial charge on any atom is 0.245 e. The molecule has 0 aliphatic carbocycles. The van der Waals surface area contributed by atoms with E-state index in [1.54, 1.807) is 0 Å². The van der Waals surface area contributed by atoms with Gasteiger partial charge in [-0.2, -0.15) is 0 Å². The van der Waals surface area contributed by atoms with Gasteiger partial charge in [-0.3, -0.25) is 4.79 Å². The zero-order valence-electron chi connectivity index (χ0n) is 12.3. The Morgan fingerprint density at radius 3 is 2.95 bits per heavy atom. The van der Waals surface area contributed by atoms with Gasteiger partial charge in [0.25, 0.3) is 0 Å². The van der Waals surface area contributed by atoms with Crippen molar-refractivity contribution in [3.8, 4) is 0 Å². The van der Waals surface area contributed by atoms with Gasteiger partial charge >= 0.3 is 0 Å². The first-order valence-electron chi connectivity index (χ1n) is 7.45. The molecule has 2 atom stereocenters. The number of hydrogen-bond acceptors (Lipinski definition) is 5. The van der Waals surface area contributed by atoms with E-state index in [2.05, 4.69) is 20.8 Å². The van der Waals surface area contributed by atoms with Gasteiger partial charge in [-0.25, -0.2) is 4.68 Å². The SMILES string of the molecule is O=C(NC[C@H]1CCOC1)[C@@H](Cc1ccccc1)n1cnnn1. The molecule has 1 saturated heterocycles. The van der Waals surface area contributed by atoms with Crippen LogP contribution in [0.5, 0.6) is 0 Å². The van der Waals surface area contributed by atoms with Gasteiger partial charge in [0.05, 0.1) is 6.61 Å². The van der Waals surface area contributed by atoms with Gasteiger partial charge in [0.15, 0.2) is 0 Å². The average molecular weight is 301 g/mol. The first-order chi connectivity index (χ1) is 10.8. The van der Waals surface area contributed by atoms with Gasteiger partial charge in [-0.1, -0.05) is 30.3 Å². The molecule has 7 nitrogen and oxygen atoms in total. The summed E-state index contributed by atoms with van der Waals surface area (Å²) in [6.07, 6.45) is 3.03. The molecule has 0 spiro atoms. The quantitative estimate of drug-likeness (QED) is 0.845. The predicted molar refractivity (Wildman–Crippen MR) is 78.9 cm³/mol. The van der Waals surface area contributed by atoms with Crippen LogP contribution >= 0.6 is 0 Å². The van der Waals surface area contributed by atoms with Gasteiger partial charge in [0, 0.05) is 25.5 Å². The summed E-state index contributed by atoms with van der Waals surface area (Å²) in [5.74, 6) is 0.332. The third kappa shape index (κ3) is 3.67. The van der Waals surface area contributed by atoms with Crippen LogP contribution < -0.4 is 5.32 Å². The highest BCUT2D eigenvalue weighted by Crippen LogP contribution is 2.15. The molecule has 1 aliphatic rings. The molecule has 1 aliphatic heterocycles. The van der Waals surface area contributed by atoms with Crippen molar-refractivity contribution in [2.45, 2.75) is 18.9 Å². The van der Waals surface area contributed by atoms with E-state index in [0.717, 1.165) is 18.6 Å². The number of benzene rings is 1. The van der Waals surface area contributed by atoms with Gasteiger partial charge in [0.1, 0.15) is 12.4 Å². The van der Waals surface area contributed by atoms with Crippen molar-refractivity contribution in [3.05, 3.63) is 42.2 Å². The second kappa shape index (κ2) is 7.13. The van der Waals surface area contributed by atoms with Crippen LogP contribution in [0.25, 0.3) is 0 Å². The minimum absolute atomic E-state index is 0.0666. The Balaban J connectivity index is 1.66. The van der Waals surface area contributed by atoms with Crippen molar-refractivity contribution in [3.63, 3.8) is 0 Å². The number of nitrogens with one attached hydrogen (secondary N) is 1. The first-order valence-corrected chi connectivity index (χ1v) is 7.45. The molecule has 0 saturated carbocycles. The summed E-state index contributed by atoms with van der Waals surface area (Å²) >= 11 is 0. The summed E-state index contributed by atoms with van der Waals surface area (Å²) in [4.78, 5) is 12.5. The van der Waals surface area contributed by atoms with Crippen molar-refractivity contribution in [2.24, 2.45) is 5.92 Å². The number of aromatic nitrogens is 4. The third-order valence-electron chi connectivity index (χ3n) is 3.85. The molecule has 1 aromatic carbocycles. The summed E-state index contributed by atoms with van der Waals surface area (Å²) in [6, 6.07) is 9.42. The molecule has 2 heterocycles. The second-order valence-corrected chi connectivity index (χ2v) is 5.47. The van der Waals surface area contributed by atoms with Gasteiger partial charge < -0.3 is 10.1 Å². The number of tetrazole rings is 1. The van der Waals surface area contributed by atoms with Crippen molar-refractivity contribution < 1.29 is 9.53 Å². The molecular weight excluding hydrogens is 282 g/mol. The fraction of sp³-hybridized carbons (Fsp3) is 0.467. The predicted octanol–water partition coefficient (Wildman–Crippen LogP) is 0.610. The van der Waals surface area contributed by atoms with Crippen LogP contribution in [0.4, 0.5) is 0 Å². The second-order valence-electron chi connectivity index (χ2n) is 5.47. The van der Waals surface area contributed by atoms with E-state index >= 15 is 0 Å². The van der Waals surface area contributed by atoms with Crippen LogP contribution in [0.15, 0.2) is 36.7 Å². The molecule has 2 aromatic rings. The Kier molecular flexibility index (Phi) is 4.75. The minimum atomic E-state index is -0.445. The average Bonchev–Trinajstić information content (AvgIpc) is 3.24. The maximum absolute atomic E-state index is 12.5. The standard InChI is InChI=1S/C15H19N5O2/c21-15(16-9-13-6-7-22-10-13)14(20-11-17-18-19-20)8-12-4-2-1-3-5-12/h1-5,11,13-14H,6-10H2,(H,16,21)/t13-,14-/m1/s1. The number of nitrogens with zero attached hydrogens (tertiary/aromatic N) is 4. The smallest absolute Gasteiger partial charge is 0.245 e. The van der Waals surface area contributed by atoms with Crippen molar-refractivity contribution in [2.75, 3.05) is 19.8 Å². The highest BCUT2D eigenvalue weighted by atomic mass is 16.5. The lowest BCUT2D eigenvalue weighted by molar-refractivity contribution is -0.124. The van der Waals surface area contributed by atoms with E-state index in [1.165, 1.54) is 11.0 Å². The Morgan fingerprint density at radius 1 is 1.41 bits per heavy atom. The molecule has 116 valence electrons. The summed E-state index contributed by atoms with van der Waals surface area (Å²) in [5.41, 5.74) is 1.07. The molecule has 1 aromatic heterocycles. The minimum Gasteiger partial charge on any atom is -0.381 e. The zero-order valence-corrected chi connectivity index (χ0v) is 12.3. The topological polar surface area (TPSA) is 81.9 Å². The van der Waals surface area contributed by atoms with E-state index in [1.807, 2.05) is 30.3 Å². The lowest BCUT2D eigenvalue weighted by atomic mass is 10.0. The van der Waals surface area contributed by atoms with Crippen LogP contribution in [0.1, 0.15) is 18.0 Å². The zero-order chi connectivity index (χ0) is 15.2. The molecule has 3 rings (SSSR count). The summed E-state index contributed by atoms with van der Waals surface area (Å²) in [5, 5.41) is 14.2. The van der Waals surface area contributed by atoms with Crippen LogP contribution in [-0.2, 0) is 16.0 Å². The fourth-order valence-electron chi connectivity index (χ4n) is 2.56.